The zero-order chi connectivity index (χ0) is 20.6. The molecule has 144 valence electrons. The minimum Gasteiger partial charge on any atom is -0.288 e. The molecule has 30 heavy (non-hydrogen) atoms. The van der Waals surface area contributed by atoms with Gasteiger partial charge >= 0.3 is 0 Å². The molecule has 0 aliphatic carbocycles. The van der Waals surface area contributed by atoms with Crippen LogP contribution in [-0.2, 0) is 6.42 Å². The summed E-state index contributed by atoms with van der Waals surface area (Å²) >= 11 is 0. The summed E-state index contributed by atoms with van der Waals surface area (Å²) in [4.78, 5) is 56.8. The Hall–Kier alpha value is -4.13. The van der Waals surface area contributed by atoms with E-state index in [0.29, 0.717) is 27.6 Å². The van der Waals surface area contributed by atoms with Gasteiger partial charge in [-0.25, -0.2) is 4.90 Å². The number of nitrogens with one attached hydrogen (secondary N) is 1. The number of carbonyl (C=O) groups is 4. The molecule has 7 heteroatoms. The first kappa shape index (κ1) is 16.8. The largest absolute Gasteiger partial charge is 0.288 e. The highest BCUT2D eigenvalue weighted by atomic mass is 16.2. The van der Waals surface area contributed by atoms with E-state index in [1.165, 1.54) is 12.1 Å². The Morgan fingerprint density at radius 3 is 2.03 bits per heavy atom. The van der Waals surface area contributed by atoms with Gasteiger partial charge in [-0.1, -0.05) is 0 Å². The zero-order valence-corrected chi connectivity index (χ0v) is 15.6. The molecule has 3 aliphatic rings. The molecule has 1 N–H and O–H groups in total. The summed E-state index contributed by atoms with van der Waals surface area (Å²) in [5, 5.41) is 3.01. The van der Waals surface area contributed by atoms with Crippen LogP contribution < -0.4 is 10.2 Å². The van der Waals surface area contributed by atoms with E-state index in [9.17, 15) is 19.2 Å². The second kappa shape index (κ2) is 5.70. The molecule has 3 aromatic carbocycles. The Labute approximate surface area is 170 Å². The van der Waals surface area contributed by atoms with Crippen molar-refractivity contribution in [2.24, 2.45) is 4.99 Å². The molecule has 0 atom stereocenters. The minimum atomic E-state index is -0.534. The number of fused-ring (bicyclic) bond motifs is 1. The summed E-state index contributed by atoms with van der Waals surface area (Å²) in [5.74, 6) is -2.02. The second-order valence-electron chi connectivity index (χ2n) is 7.46. The van der Waals surface area contributed by atoms with E-state index in [2.05, 4.69) is 10.3 Å². The number of aliphatic imine (C=N–C) groups is 1. The third-order valence-corrected chi connectivity index (χ3v) is 5.84. The van der Waals surface area contributed by atoms with Crippen LogP contribution in [0.2, 0.25) is 0 Å². The van der Waals surface area contributed by atoms with Crippen LogP contribution in [0.1, 0.15) is 53.4 Å². The summed E-state index contributed by atoms with van der Waals surface area (Å²) in [6.45, 7) is 0. The SMILES string of the molecule is O=C1NC(=O)c2ccc3c4c(ccc1c24)C(=O)N(c1ccc2c(c1)CCC=N2)C3=O. The lowest BCUT2D eigenvalue weighted by atomic mass is 9.86. The number of anilines is 1. The Balaban J connectivity index is 1.58. The smallest absolute Gasteiger partial charge is 0.265 e. The van der Waals surface area contributed by atoms with Crippen molar-refractivity contribution < 1.29 is 19.2 Å². The maximum absolute atomic E-state index is 13.4. The van der Waals surface area contributed by atoms with E-state index < -0.39 is 23.6 Å². The van der Waals surface area contributed by atoms with Crippen LogP contribution in [0.5, 0.6) is 0 Å². The molecule has 7 nitrogen and oxygen atoms in total. The van der Waals surface area contributed by atoms with Crippen molar-refractivity contribution in [1.29, 1.82) is 0 Å². The third-order valence-electron chi connectivity index (χ3n) is 5.84. The van der Waals surface area contributed by atoms with Gasteiger partial charge in [0.1, 0.15) is 0 Å². The molecule has 0 bridgehead atoms. The van der Waals surface area contributed by atoms with E-state index >= 15 is 0 Å². The lowest BCUT2D eigenvalue weighted by Gasteiger charge is -2.29. The van der Waals surface area contributed by atoms with Gasteiger partial charge in [0.05, 0.1) is 11.4 Å². The van der Waals surface area contributed by atoms with Crippen LogP contribution >= 0.6 is 0 Å². The Kier molecular flexibility index (Phi) is 3.19. The number of rotatable bonds is 1. The monoisotopic (exact) mass is 395 g/mol. The molecular formula is C23H13N3O4. The number of imide groups is 2. The van der Waals surface area contributed by atoms with Gasteiger partial charge in [0, 0.05) is 39.2 Å². The number of amides is 4. The van der Waals surface area contributed by atoms with Crippen LogP contribution in [-0.4, -0.2) is 29.8 Å². The lowest BCUT2D eigenvalue weighted by molar-refractivity contribution is 0.0837. The maximum Gasteiger partial charge on any atom is 0.265 e. The first-order valence-corrected chi connectivity index (χ1v) is 9.54. The van der Waals surface area contributed by atoms with Crippen LogP contribution in [0.25, 0.3) is 10.8 Å². The lowest BCUT2D eigenvalue weighted by Crippen LogP contribution is -2.42. The van der Waals surface area contributed by atoms with Crippen molar-refractivity contribution in [1.82, 2.24) is 5.32 Å². The first-order valence-electron chi connectivity index (χ1n) is 9.54. The highest BCUT2D eigenvalue weighted by Gasteiger charge is 2.38. The quantitative estimate of drug-likeness (QED) is 0.640. The van der Waals surface area contributed by atoms with Gasteiger partial charge in [-0.05, 0) is 60.9 Å². The number of benzene rings is 3. The molecule has 3 aliphatic heterocycles. The van der Waals surface area contributed by atoms with Gasteiger partial charge in [-0.15, -0.1) is 0 Å². The topological polar surface area (TPSA) is 95.9 Å². The summed E-state index contributed by atoms with van der Waals surface area (Å²) in [5.41, 5.74) is 3.46. The van der Waals surface area contributed by atoms with Crippen LogP contribution in [0, 0.1) is 0 Å². The fourth-order valence-electron chi connectivity index (χ4n) is 4.46. The highest BCUT2D eigenvalue weighted by Crippen LogP contribution is 2.38. The van der Waals surface area contributed by atoms with Gasteiger partial charge in [-0.2, -0.15) is 0 Å². The molecule has 0 spiro atoms. The van der Waals surface area contributed by atoms with E-state index in [4.69, 9.17) is 0 Å². The van der Waals surface area contributed by atoms with Gasteiger partial charge in [0.2, 0.25) is 0 Å². The van der Waals surface area contributed by atoms with Crippen molar-refractivity contribution in [2.45, 2.75) is 12.8 Å². The Bertz CT molecular complexity index is 1330. The average molecular weight is 395 g/mol. The van der Waals surface area contributed by atoms with E-state index in [1.807, 2.05) is 12.3 Å². The average Bonchev–Trinajstić information content (AvgIpc) is 2.76. The Morgan fingerprint density at radius 1 is 0.767 bits per heavy atom. The molecule has 0 radical (unpaired) electrons. The van der Waals surface area contributed by atoms with E-state index in [0.717, 1.165) is 29.0 Å². The second-order valence-corrected chi connectivity index (χ2v) is 7.46. The molecule has 0 unspecified atom stereocenters. The fourth-order valence-corrected chi connectivity index (χ4v) is 4.46. The molecule has 0 saturated carbocycles. The number of hydrogen-bond acceptors (Lipinski definition) is 5. The molecule has 0 fully saturated rings. The highest BCUT2D eigenvalue weighted by molar-refractivity contribution is 6.39. The van der Waals surface area contributed by atoms with Gasteiger partial charge < -0.3 is 0 Å². The molecule has 3 heterocycles. The van der Waals surface area contributed by atoms with E-state index in [-0.39, 0.29) is 11.1 Å². The van der Waals surface area contributed by atoms with Crippen molar-refractivity contribution in [3.8, 4) is 0 Å². The van der Waals surface area contributed by atoms with Crippen molar-refractivity contribution >= 4 is 52.0 Å². The molecular weight excluding hydrogens is 382 g/mol. The molecule has 6 rings (SSSR count). The zero-order valence-electron chi connectivity index (χ0n) is 15.6. The van der Waals surface area contributed by atoms with Crippen molar-refractivity contribution in [3.05, 3.63) is 70.3 Å². The normalized spacial score (nSPS) is 16.7. The molecule has 4 amide bonds. The molecule has 0 aromatic heterocycles. The number of hydrogen-bond donors (Lipinski definition) is 1. The van der Waals surface area contributed by atoms with Crippen LogP contribution in [0.15, 0.2) is 47.5 Å². The summed E-state index contributed by atoms with van der Waals surface area (Å²) in [7, 11) is 0. The number of aryl methyl sites for hydroxylation is 1. The predicted molar refractivity (Wildman–Crippen MR) is 110 cm³/mol. The summed E-state index contributed by atoms with van der Waals surface area (Å²) < 4.78 is 0. The van der Waals surface area contributed by atoms with Gasteiger partial charge in [-0.3, -0.25) is 29.5 Å². The van der Waals surface area contributed by atoms with Crippen molar-refractivity contribution in [2.75, 3.05) is 4.90 Å². The number of nitrogens with zero attached hydrogens (tertiary/aromatic N) is 2. The van der Waals surface area contributed by atoms with Crippen molar-refractivity contribution in [3.63, 3.8) is 0 Å². The van der Waals surface area contributed by atoms with Gasteiger partial charge in [0.25, 0.3) is 23.6 Å². The summed E-state index contributed by atoms with van der Waals surface area (Å²) in [6, 6.07) is 11.5. The van der Waals surface area contributed by atoms with Crippen LogP contribution in [0.4, 0.5) is 11.4 Å². The van der Waals surface area contributed by atoms with Crippen LogP contribution in [0.3, 0.4) is 0 Å². The third kappa shape index (κ3) is 2.06. The maximum atomic E-state index is 13.4. The first-order chi connectivity index (χ1) is 14.5. The predicted octanol–water partition coefficient (Wildman–Crippen LogP) is 3.17. The Morgan fingerprint density at radius 2 is 1.37 bits per heavy atom. The summed E-state index contributed by atoms with van der Waals surface area (Å²) in [6.07, 6.45) is 3.45. The van der Waals surface area contributed by atoms with Gasteiger partial charge in [0.15, 0.2) is 0 Å². The number of carbonyl (C=O) groups excluding carboxylic acids is 4. The van der Waals surface area contributed by atoms with E-state index in [1.54, 1.807) is 24.3 Å². The fraction of sp³-hybridized carbons (Fsp3) is 0.0870. The molecule has 3 aromatic rings. The minimum absolute atomic E-state index is 0.283. The molecule has 0 saturated heterocycles. The standard InChI is InChI=1S/C23H13N3O4/c27-20-13-4-6-15-19-16(7-5-14(18(13)19)21(28)25-20)23(30)26(22(15)29)12-3-8-17-11(10-12)2-1-9-24-17/h3-10H,1-2H2,(H,25,27,28).